The van der Waals surface area contributed by atoms with Crippen molar-refractivity contribution in [1.82, 2.24) is 14.9 Å². The molecule has 0 atom stereocenters. The molecule has 2 aliphatic heterocycles. The second kappa shape index (κ2) is 6.44. The second-order valence-corrected chi connectivity index (χ2v) is 6.46. The van der Waals surface area contributed by atoms with Gasteiger partial charge in [0.05, 0.1) is 43.0 Å². The zero-order valence-corrected chi connectivity index (χ0v) is 13.7. The van der Waals surface area contributed by atoms with Gasteiger partial charge in [-0.15, -0.1) is 0 Å². The Kier molecular flexibility index (Phi) is 4.12. The topological polar surface area (TPSA) is 71.7 Å². The number of amides is 1. The summed E-state index contributed by atoms with van der Waals surface area (Å²) in [5.74, 6) is 0.0527. The van der Waals surface area contributed by atoms with Crippen molar-refractivity contribution in [3.8, 4) is 0 Å². The molecule has 0 saturated carbocycles. The Hall–Kier alpha value is -2.48. The first-order valence-electron chi connectivity index (χ1n) is 8.33. The van der Waals surface area contributed by atoms with Gasteiger partial charge in [-0.25, -0.2) is 14.4 Å². The van der Waals surface area contributed by atoms with Crippen molar-refractivity contribution in [2.24, 2.45) is 0 Å². The largest absolute Gasteiger partial charge is 0.472 e. The van der Waals surface area contributed by atoms with Crippen molar-refractivity contribution in [1.29, 1.82) is 0 Å². The van der Waals surface area contributed by atoms with E-state index in [-0.39, 0.29) is 11.5 Å². The van der Waals surface area contributed by atoms with Crippen molar-refractivity contribution in [3.63, 3.8) is 0 Å². The predicted octanol–water partition coefficient (Wildman–Crippen LogP) is 1.72. The Balaban J connectivity index is 1.41. The summed E-state index contributed by atoms with van der Waals surface area (Å²) in [4.78, 5) is 24.4. The van der Waals surface area contributed by atoms with Crippen molar-refractivity contribution in [2.45, 2.75) is 18.4 Å². The monoisotopic (exact) mass is 346 g/mol. The molecule has 0 N–H and O–H groups in total. The maximum atomic E-state index is 13.0. The predicted molar refractivity (Wildman–Crippen MR) is 86.7 cm³/mol. The molecule has 0 aliphatic carbocycles. The van der Waals surface area contributed by atoms with Crippen LogP contribution in [0.3, 0.4) is 0 Å². The number of halogens is 1. The molecule has 0 radical (unpaired) electrons. The highest BCUT2D eigenvalue weighted by atomic mass is 19.1. The maximum absolute atomic E-state index is 13.0. The molecule has 1 amide bonds. The molecule has 2 aromatic rings. The van der Waals surface area contributed by atoms with Crippen LogP contribution in [-0.4, -0.2) is 59.2 Å². The lowest BCUT2D eigenvalue weighted by molar-refractivity contribution is -0.0872. The number of hydrogen-bond acceptors (Lipinski definition) is 6. The van der Waals surface area contributed by atoms with Gasteiger partial charge in [0.1, 0.15) is 6.26 Å². The van der Waals surface area contributed by atoms with E-state index in [1.165, 1.54) is 24.9 Å². The lowest BCUT2D eigenvalue weighted by atomic mass is 9.89. The summed E-state index contributed by atoms with van der Waals surface area (Å²) in [6, 6.07) is 1.68. The fraction of sp³-hybridized carbons (Fsp3) is 0.471. The first-order chi connectivity index (χ1) is 12.2. The molecule has 0 bridgehead atoms. The molecular weight excluding hydrogens is 327 g/mol. The van der Waals surface area contributed by atoms with E-state index < -0.39 is 5.82 Å². The van der Waals surface area contributed by atoms with Crippen LogP contribution in [0.25, 0.3) is 0 Å². The van der Waals surface area contributed by atoms with Crippen LogP contribution in [0.5, 0.6) is 0 Å². The lowest BCUT2D eigenvalue weighted by Gasteiger charge is -2.47. The molecule has 132 valence electrons. The highest BCUT2D eigenvalue weighted by Gasteiger charge is 2.41. The average Bonchev–Trinajstić information content (AvgIpc) is 3.17. The molecule has 25 heavy (non-hydrogen) atoms. The standard InChI is InChI=1S/C17H19FN4O3/c18-14-9-19-16(20-10-14)22-6-8-25-17(12-22)2-4-21(5-3-17)15(23)13-1-7-24-11-13/h1,7,9-11H,2-6,8,12H2. The first kappa shape index (κ1) is 16.0. The molecule has 2 saturated heterocycles. The molecular formula is C17H19FN4O3. The van der Waals surface area contributed by atoms with Gasteiger partial charge in [0.25, 0.3) is 5.91 Å². The third-order valence-corrected chi connectivity index (χ3v) is 4.87. The Morgan fingerprint density at radius 2 is 1.96 bits per heavy atom. The number of rotatable bonds is 2. The Labute approximate surface area is 144 Å². The number of hydrogen-bond donors (Lipinski definition) is 0. The van der Waals surface area contributed by atoms with E-state index >= 15 is 0 Å². The van der Waals surface area contributed by atoms with Crippen LogP contribution in [0.15, 0.2) is 35.4 Å². The first-order valence-corrected chi connectivity index (χ1v) is 8.33. The van der Waals surface area contributed by atoms with Gasteiger partial charge in [-0.2, -0.15) is 0 Å². The zero-order chi connectivity index (χ0) is 17.3. The third-order valence-electron chi connectivity index (χ3n) is 4.87. The van der Waals surface area contributed by atoms with Gasteiger partial charge < -0.3 is 19.0 Å². The Morgan fingerprint density at radius 1 is 1.20 bits per heavy atom. The quantitative estimate of drug-likeness (QED) is 0.825. The van der Waals surface area contributed by atoms with Crippen molar-refractivity contribution in [3.05, 3.63) is 42.4 Å². The van der Waals surface area contributed by atoms with Crippen molar-refractivity contribution >= 4 is 11.9 Å². The number of ether oxygens (including phenoxy) is 1. The molecule has 2 aromatic heterocycles. The molecule has 2 fully saturated rings. The fourth-order valence-electron chi connectivity index (χ4n) is 3.47. The minimum Gasteiger partial charge on any atom is -0.472 e. The van der Waals surface area contributed by atoms with Crippen LogP contribution in [0.2, 0.25) is 0 Å². The zero-order valence-electron chi connectivity index (χ0n) is 13.7. The summed E-state index contributed by atoms with van der Waals surface area (Å²) in [6.07, 6.45) is 6.82. The summed E-state index contributed by atoms with van der Waals surface area (Å²) < 4.78 is 24.1. The van der Waals surface area contributed by atoms with E-state index in [4.69, 9.17) is 9.15 Å². The molecule has 1 spiro atoms. The Bertz CT molecular complexity index is 727. The van der Waals surface area contributed by atoms with Gasteiger partial charge in [-0.3, -0.25) is 4.79 Å². The maximum Gasteiger partial charge on any atom is 0.257 e. The van der Waals surface area contributed by atoms with E-state index in [1.54, 1.807) is 6.07 Å². The number of nitrogens with zero attached hydrogens (tertiary/aromatic N) is 4. The molecule has 7 nitrogen and oxygen atoms in total. The van der Waals surface area contributed by atoms with Crippen LogP contribution < -0.4 is 4.90 Å². The summed E-state index contributed by atoms with van der Waals surface area (Å²) in [5, 5.41) is 0. The van der Waals surface area contributed by atoms with Crippen molar-refractivity contribution in [2.75, 3.05) is 37.7 Å². The summed E-state index contributed by atoms with van der Waals surface area (Å²) >= 11 is 0. The summed E-state index contributed by atoms with van der Waals surface area (Å²) in [5.41, 5.74) is 0.255. The van der Waals surface area contributed by atoms with Gasteiger partial charge in [0, 0.05) is 19.6 Å². The van der Waals surface area contributed by atoms with Gasteiger partial charge in [0.2, 0.25) is 5.95 Å². The van der Waals surface area contributed by atoms with E-state index in [0.717, 1.165) is 12.8 Å². The molecule has 8 heteroatoms. The number of likely N-dealkylation sites (tertiary alicyclic amines) is 1. The number of aromatic nitrogens is 2. The van der Waals surface area contributed by atoms with Crippen molar-refractivity contribution < 1.29 is 18.3 Å². The Morgan fingerprint density at radius 3 is 2.64 bits per heavy atom. The fourth-order valence-corrected chi connectivity index (χ4v) is 3.47. The van der Waals surface area contributed by atoms with E-state index in [2.05, 4.69) is 9.97 Å². The van der Waals surface area contributed by atoms with Crippen LogP contribution >= 0.6 is 0 Å². The number of anilines is 1. The third kappa shape index (κ3) is 3.21. The highest BCUT2D eigenvalue weighted by Crippen LogP contribution is 2.31. The van der Waals surface area contributed by atoms with Crippen LogP contribution in [0.4, 0.5) is 10.3 Å². The van der Waals surface area contributed by atoms with Gasteiger partial charge in [-0.05, 0) is 18.9 Å². The van der Waals surface area contributed by atoms with Crippen LogP contribution in [0.1, 0.15) is 23.2 Å². The van der Waals surface area contributed by atoms with E-state index in [9.17, 15) is 9.18 Å². The van der Waals surface area contributed by atoms with Gasteiger partial charge >= 0.3 is 0 Å². The number of carbonyl (C=O) groups excluding carboxylic acids is 1. The van der Waals surface area contributed by atoms with Gasteiger partial charge in [0.15, 0.2) is 5.82 Å². The minimum absolute atomic E-state index is 0.0156. The van der Waals surface area contributed by atoms with Crippen LogP contribution in [0, 0.1) is 5.82 Å². The SMILES string of the molecule is O=C(c1ccoc1)N1CCC2(CC1)CN(c1ncc(F)cn1)CCO2. The van der Waals surface area contributed by atoms with E-state index in [1.807, 2.05) is 9.80 Å². The number of furan rings is 1. The number of piperidine rings is 1. The second-order valence-electron chi connectivity index (χ2n) is 6.46. The van der Waals surface area contributed by atoms with Crippen LogP contribution in [-0.2, 0) is 4.74 Å². The van der Waals surface area contributed by atoms with Gasteiger partial charge in [-0.1, -0.05) is 0 Å². The summed E-state index contributed by atoms with van der Waals surface area (Å²) in [6.45, 7) is 3.14. The number of morpholine rings is 1. The average molecular weight is 346 g/mol. The minimum atomic E-state index is -0.446. The number of carbonyl (C=O) groups is 1. The smallest absolute Gasteiger partial charge is 0.257 e. The lowest BCUT2D eigenvalue weighted by Crippen LogP contribution is -2.58. The normalized spacial score (nSPS) is 20.0. The molecule has 4 rings (SSSR count). The molecule has 4 heterocycles. The summed E-state index contributed by atoms with van der Waals surface area (Å²) in [7, 11) is 0. The highest BCUT2D eigenvalue weighted by molar-refractivity contribution is 5.93. The molecule has 0 unspecified atom stereocenters. The molecule has 2 aliphatic rings. The van der Waals surface area contributed by atoms with E-state index in [0.29, 0.717) is 44.3 Å². The molecule has 0 aromatic carbocycles.